The van der Waals surface area contributed by atoms with Gasteiger partial charge in [0.15, 0.2) is 0 Å². The molecule has 0 aliphatic carbocycles. The average Bonchev–Trinajstić information content (AvgIpc) is 3.34. The molecule has 0 radical (unpaired) electrons. The summed E-state index contributed by atoms with van der Waals surface area (Å²) >= 11 is 0. The highest BCUT2D eigenvalue weighted by atomic mass is 16.5. The number of nitrogens with zero attached hydrogens (tertiary/aromatic N) is 5. The topological polar surface area (TPSA) is 87.2 Å². The fraction of sp³-hybridized carbons (Fsp3) is 0.440. The molecule has 0 spiro atoms. The lowest BCUT2D eigenvalue weighted by Gasteiger charge is -2.36. The number of methoxy groups -OCH3 is 1. The van der Waals surface area contributed by atoms with Gasteiger partial charge in [0.2, 0.25) is 5.95 Å². The normalized spacial score (nSPS) is 16.2. The van der Waals surface area contributed by atoms with Crippen LogP contribution in [0, 0.1) is 0 Å². The summed E-state index contributed by atoms with van der Waals surface area (Å²) in [5.41, 5.74) is 4.21. The molecule has 8 nitrogen and oxygen atoms in total. The third-order valence-electron chi connectivity index (χ3n) is 6.12. The van der Waals surface area contributed by atoms with E-state index in [1.54, 1.807) is 7.11 Å². The molecular weight excluding hydrogens is 416 g/mol. The van der Waals surface area contributed by atoms with Crippen molar-refractivity contribution in [3.8, 4) is 16.9 Å². The minimum atomic E-state index is -0.149. The number of nitrogens with one attached hydrogen (secondary N) is 1. The second-order valence-corrected chi connectivity index (χ2v) is 8.97. The molecule has 4 rings (SSSR count). The number of likely N-dealkylation sites (tertiary alicyclic amines) is 1. The Morgan fingerprint density at radius 3 is 2.61 bits per heavy atom. The minimum Gasteiger partial charge on any atom is -0.497 e. The maximum atomic E-state index is 13.5. The zero-order valence-electron chi connectivity index (χ0n) is 20.0. The predicted octanol–water partition coefficient (Wildman–Crippen LogP) is 4.43. The lowest BCUT2D eigenvalue weighted by molar-refractivity contribution is 0.0600. The number of ether oxygens (including phenoxy) is 1. The Balaban J connectivity index is 1.76. The van der Waals surface area contributed by atoms with Crippen LogP contribution in [0.1, 0.15) is 66.9 Å². The lowest BCUT2D eigenvalue weighted by Crippen LogP contribution is -2.39. The summed E-state index contributed by atoms with van der Waals surface area (Å²) in [6.45, 7) is 4.84. The molecule has 1 aliphatic rings. The van der Waals surface area contributed by atoms with E-state index in [2.05, 4.69) is 29.0 Å². The molecule has 1 fully saturated rings. The van der Waals surface area contributed by atoms with Gasteiger partial charge >= 0.3 is 0 Å². The maximum Gasteiger partial charge on any atom is 0.274 e. The van der Waals surface area contributed by atoms with Crippen LogP contribution in [0.2, 0.25) is 0 Å². The number of hydrogen-bond donors (Lipinski definition) is 1. The van der Waals surface area contributed by atoms with Crippen molar-refractivity contribution in [2.24, 2.45) is 0 Å². The van der Waals surface area contributed by atoms with Crippen molar-refractivity contribution in [3.05, 3.63) is 53.6 Å². The highest BCUT2D eigenvalue weighted by molar-refractivity contribution is 5.93. The zero-order valence-corrected chi connectivity index (χ0v) is 20.0. The van der Waals surface area contributed by atoms with Gasteiger partial charge in [-0.2, -0.15) is 5.10 Å². The van der Waals surface area contributed by atoms with E-state index in [-0.39, 0.29) is 17.9 Å². The average molecular weight is 449 g/mol. The highest BCUT2D eigenvalue weighted by Crippen LogP contribution is 2.37. The van der Waals surface area contributed by atoms with E-state index in [9.17, 15) is 4.79 Å². The molecule has 8 heteroatoms. The molecule has 0 bridgehead atoms. The van der Waals surface area contributed by atoms with Crippen LogP contribution in [-0.2, 0) is 0 Å². The fourth-order valence-corrected chi connectivity index (χ4v) is 4.20. The molecule has 0 saturated carbocycles. The van der Waals surface area contributed by atoms with Crippen molar-refractivity contribution in [3.63, 3.8) is 0 Å². The van der Waals surface area contributed by atoms with Crippen molar-refractivity contribution in [1.82, 2.24) is 25.1 Å². The van der Waals surface area contributed by atoms with Crippen molar-refractivity contribution in [2.45, 2.75) is 45.1 Å². The van der Waals surface area contributed by atoms with Crippen LogP contribution in [0.5, 0.6) is 5.75 Å². The van der Waals surface area contributed by atoms with Crippen LogP contribution in [-0.4, -0.2) is 58.7 Å². The molecule has 2 aromatic heterocycles. The van der Waals surface area contributed by atoms with Crippen molar-refractivity contribution in [2.75, 3.05) is 32.6 Å². The van der Waals surface area contributed by atoms with E-state index < -0.39 is 0 Å². The number of carbonyl (C=O) groups is 1. The number of hydrogen-bond acceptors (Lipinski definition) is 6. The van der Waals surface area contributed by atoms with E-state index >= 15 is 0 Å². The van der Waals surface area contributed by atoms with Gasteiger partial charge < -0.3 is 14.5 Å². The summed E-state index contributed by atoms with van der Waals surface area (Å²) in [7, 11) is 5.50. The lowest BCUT2D eigenvalue weighted by atomic mass is 9.93. The Morgan fingerprint density at radius 1 is 1.21 bits per heavy atom. The molecule has 0 unspecified atom stereocenters. The first kappa shape index (κ1) is 22.8. The number of benzene rings is 1. The molecule has 3 heterocycles. The van der Waals surface area contributed by atoms with Gasteiger partial charge in [0.05, 0.1) is 18.8 Å². The van der Waals surface area contributed by atoms with E-state index in [0.717, 1.165) is 47.5 Å². The molecule has 1 aliphatic heterocycles. The standard InChI is InChI=1S/C25H32N6O2/c1-16(2)20-14-21(29-28-20)24(32)31-13-7-6-8-22(31)23-19(15-26-25(27-23)30(3)4)17-9-11-18(33-5)12-10-17/h9-12,14-16,22H,6-8,13H2,1-5H3,(H,28,29)/t22-/m0/s1. The summed E-state index contributed by atoms with van der Waals surface area (Å²) in [4.78, 5) is 26.9. The van der Waals surface area contributed by atoms with Gasteiger partial charge in [-0.05, 0) is 48.9 Å². The van der Waals surface area contributed by atoms with Gasteiger partial charge in [0.25, 0.3) is 5.91 Å². The van der Waals surface area contributed by atoms with Gasteiger partial charge in [0.1, 0.15) is 11.4 Å². The first-order valence-corrected chi connectivity index (χ1v) is 11.4. The Hall–Kier alpha value is -3.42. The molecule has 1 aromatic carbocycles. The van der Waals surface area contributed by atoms with Gasteiger partial charge in [-0.15, -0.1) is 0 Å². The second kappa shape index (κ2) is 9.60. The zero-order chi connectivity index (χ0) is 23.5. The van der Waals surface area contributed by atoms with E-state index in [1.165, 1.54) is 0 Å². The molecule has 1 amide bonds. The molecule has 174 valence electrons. The number of carbonyl (C=O) groups excluding carboxylic acids is 1. The number of rotatable bonds is 6. The monoisotopic (exact) mass is 448 g/mol. The number of H-pyrrole nitrogens is 1. The highest BCUT2D eigenvalue weighted by Gasteiger charge is 2.33. The first-order valence-electron chi connectivity index (χ1n) is 11.4. The molecule has 33 heavy (non-hydrogen) atoms. The van der Waals surface area contributed by atoms with Gasteiger partial charge in [0, 0.05) is 38.1 Å². The van der Waals surface area contributed by atoms with Crippen molar-refractivity contribution >= 4 is 11.9 Å². The van der Waals surface area contributed by atoms with E-state index in [1.807, 2.05) is 60.4 Å². The van der Waals surface area contributed by atoms with Crippen LogP contribution >= 0.6 is 0 Å². The van der Waals surface area contributed by atoms with Crippen LogP contribution in [0.15, 0.2) is 36.5 Å². The van der Waals surface area contributed by atoms with Crippen LogP contribution < -0.4 is 9.64 Å². The Kier molecular flexibility index (Phi) is 6.62. The number of amides is 1. The SMILES string of the molecule is COc1ccc(-c2cnc(N(C)C)nc2[C@@H]2CCCCN2C(=O)c2cc(C(C)C)[nH]n2)cc1. The molecule has 1 N–H and O–H groups in total. The maximum absolute atomic E-state index is 13.5. The van der Waals surface area contributed by atoms with Gasteiger partial charge in [-0.1, -0.05) is 26.0 Å². The molecular formula is C25H32N6O2. The predicted molar refractivity (Wildman–Crippen MR) is 129 cm³/mol. The summed E-state index contributed by atoms with van der Waals surface area (Å²) in [5, 5.41) is 7.33. The summed E-state index contributed by atoms with van der Waals surface area (Å²) in [5.74, 6) is 1.64. The first-order chi connectivity index (χ1) is 15.9. The smallest absolute Gasteiger partial charge is 0.274 e. The van der Waals surface area contributed by atoms with Crippen LogP contribution in [0.4, 0.5) is 5.95 Å². The second-order valence-electron chi connectivity index (χ2n) is 8.97. The summed E-state index contributed by atoms with van der Waals surface area (Å²) in [6.07, 6.45) is 4.71. The number of aromatic amines is 1. The third-order valence-corrected chi connectivity index (χ3v) is 6.12. The summed E-state index contributed by atoms with van der Waals surface area (Å²) < 4.78 is 5.32. The molecule has 1 atom stereocenters. The largest absolute Gasteiger partial charge is 0.497 e. The summed E-state index contributed by atoms with van der Waals surface area (Å²) in [6, 6.07) is 9.60. The van der Waals surface area contributed by atoms with Crippen LogP contribution in [0.25, 0.3) is 11.1 Å². The van der Waals surface area contributed by atoms with E-state index in [4.69, 9.17) is 9.72 Å². The Bertz CT molecular complexity index is 1110. The number of piperidine rings is 1. The molecule has 1 saturated heterocycles. The Labute approximate surface area is 195 Å². The van der Waals surface area contributed by atoms with Crippen molar-refractivity contribution in [1.29, 1.82) is 0 Å². The number of aromatic nitrogens is 4. The fourth-order valence-electron chi connectivity index (χ4n) is 4.20. The van der Waals surface area contributed by atoms with Crippen LogP contribution in [0.3, 0.4) is 0 Å². The number of anilines is 1. The quantitative estimate of drug-likeness (QED) is 0.600. The molecule has 3 aromatic rings. The van der Waals surface area contributed by atoms with Crippen molar-refractivity contribution < 1.29 is 9.53 Å². The van der Waals surface area contributed by atoms with Gasteiger partial charge in [-0.3, -0.25) is 9.89 Å². The minimum absolute atomic E-state index is 0.0615. The third kappa shape index (κ3) is 4.69. The van der Waals surface area contributed by atoms with Gasteiger partial charge in [-0.25, -0.2) is 9.97 Å². The van der Waals surface area contributed by atoms with E-state index in [0.29, 0.717) is 18.2 Å². The Morgan fingerprint density at radius 2 is 1.97 bits per heavy atom.